The smallest absolute Gasteiger partial charge is 0.221 e. The first-order chi connectivity index (χ1) is 8.04. The number of hydrogen-bond acceptors (Lipinski definition) is 2. The van der Waals surface area contributed by atoms with E-state index in [2.05, 4.69) is 4.99 Å². The zero-order chi connectivity index (χ0) is 12.8. The molecule has 0 aliphatic heterocycles. The van der Waals surface area contributed by atoms with Gasteiger partial charge in [0.15, 0.2) is 5.96 Å². The maximum atomic E-state index is 7.64. The Balaban J connectivity index is 2.77. The topological polar surface area (TPSA) is 101 Å². The minimum Gasteiger partial charge on any atom is -0.496 e. The van der Waals surface area contributed by atoms with E-state index in [1.807, 2.05) is 24.3 Å². The second-order valence-corrected chi connectivity index (χ2v) is 3.53. The van der Waals surface area contributed by atoms with Crippen LogP contribution in [0.25, 0.3) is 0 Å². The Morgan fingerprint density at radius 2 is 2.06 bits per heavy atom. The van der Waals surface area contributed by atoms with Crippen LogP contribution in [-0.4, -0.2) is 31.0 Å². The normalized spacial score (nSPS) is 9.53. The number of guanidine groups is 2. The lowest BCUT2D eigenvalue weighted by Gasteiger charge is -2.18. The molecule has 92 valence electrons. The first kappa shape index (κ1) is 12.8. The molecule has 0 heterocycles. The molecule has 1 aromatic carbocycles. The van der Waals surface area contributed by atoms with Gasteiger partial charge in [0.2, 0.25) is 5.96 Å². The standard InChI is InChI=1S/C11H17N5O/c1-16(11(14)15-10(12)13)7-8-5-3-4-6-9(8)17-2/h3-6H,7H2,1-2H3,(H5,12,13,14,15). The van der Waals surface area contributed by atoms with Crippen molar-refractivity contribution < 1.29 is 4.74 Å². The molecule has 6 nitrogen and oxygen atoms in total. The van der Waals surface area contributed by atoms with Crippen molar-refractivity contribution in [2.45, 2.75) is 6.54 Å². The van der Waals surface area contributed by atoms with E-state index in [-0.39, 0.29) is 11.9 Å². The van der Waals surface area contributed by atoms with Crippen molar-refractivity contribution in [3.8, 4) is 5.75 Å². The Bertz CT molecular complexity index is 426. The van der Waals surface area contributed by atoms with E-state index < -0.39 is 0 Å². The number of aliphatic imine (C=N–C) groups is 1. The quantitative estimate of drug-likeness (QED) is 0.519. The van der Waals surface area contributed by atoms with Crippen LogP contribution in [0.2, 0.25) is 0 Å². The van der Waals surface area contributed by atoms with Crippen molar-refractivity contribution in [3.63, 3.8) is 0 Å². The Labute approximate surface area is 100 Å². The molecule has 0 amide bonds. The van der Waals surface area contributed by atoms with Gasteiger partial charge in [-0.1, -0.05) is 18.2 Å². The van der Waals surface area contributed by atoms with Gasteiger partial charge in [-0.05, 0) is 6.07 Å². The monoisotopic (exact) mass is 235 g/mol. The van der Waals surface area contributed by atoms with Gasteiger partial charge in [-0.2, -0.15) is 4.99 Å². The van der Waals surface area contributed by atoms with Crippen molar-refractivity contribution in [3.05, 3.63) is 29.8 Å². The molecule has 0 saturated heterocycles. The molecule has 5 N–H and O–H groups in total. The molecular formula is C11H17N5O. The minimum absolute atomic E-state index is 0.0101. The highest BCUT2D eigenvalue weighted by Crippen LogP contribution is 2.18. The summed E-state index contributed by atoms with van der Waals surface area (Å²) in [6.07, 6.45) is 0. The average Bonchev–Trinajstić information content (AvgIpc) is 2.28. The molecule has 0 aromatic heterocycles. The summed E-state index contributed by atoms with van der Waals surface area (Å²) in [7, 11) is 3.35. The maximum absolute atomic E-state index is 7.64. The summed E-state index contributed by atoms with van der Waals surface area (Å²) < 4.78 is 5.22. The van der Waals surface area contributed by atoms with Crippen LogP contribution in [0.3, 0.4) is 0 Å². The van der Waals surface area contributed by atoms with E-state index >= 15 is 0 Å². The zero-order valence-corrected chi connectivity index (χ0v) is 9.97. The molecule has 0 unspecified atom stereocenters. The van der Waals surface area contributed by atoms with Crippen molar-refractivity contribution in [2.75, 3.05) is 14.2 Å². The van der Waals surface area contributed by atoms with Crippen LogP contribution in [0, 0.1) is 5.41 Å². The van der Waals surface area contributed by atoms with E-state index in [0.717, 1.165) is 11.3 Å². The van der Waals surface area contributed by atoms with Crippen molar-refractivity contribution in [2.24, 2.45) is 16.5 Å². The molecule has 1 aromatic rings. The van der Waals surface area contributed by atoms with Crippen molar-refractivity contribution in [1.29, 1.82) is 5.41 Å². The van der Waals surface area contributed by atoms with Gasteiger partial charge in [0.25, 0.3) is 0 Å². The number of ether oxygens (including phenoxy) is 1. The fourth-order valence-corrected chi connectivity index (χ4v) is 1.37. The molecule has 17 heavy (non-hydrogen) atoms. The Morgan fingerprint density at radius 1 is 1.41 bits per heavy atom. The summed E-state index contributed by atoms with van der Waals surface area (Å²) >= 11 is 0. The fraction of sp³-hybridized carbons (Fsp3) is 0.273. The molecule has 0 aliphatic rings. The summed E-state index contributed by atoms with van der Waals surface area (Å²) in [6, 6.07) is 7.60. The van der Waals surface area contributed by atoms with Gasteiger partial charge in [0, 0.05) is 19.2 Å². The highest BCUT2D eigenvalue weighted by molar-refractivity contribution is 5.91. The van der Waals surface area contributed by atoms with Crippen molar-refractivity contribution in [1.82, 2.24) is 4.90 Å². The highest BCUT2D eigenvalue weighted by Gasteiger charge is 2.08. The molecule has 0 aliphatic carbocycles. The molecule has 0 saturated carbocycles. The lowest BCUT2D eigenvalue weighted by molar-refractivity contribution is 0.397. The second-order valence-electron chi connectivity index (χ2n) is 3.53. The summed E-state index contributed by atoms with van der Waals surface area (Å²) in [4.78, 5) is 5.29. The third kappa shape index (κ3) is 3.67. The predicted octanol–water partition coefficient (Wildman–Crippen LogP) is 0.335. The van der Waals surface area contributed by atoms with E-state index in [1.54, 1.807) is 19.1 Å². The molecule has 0 radical (unpaired) electrons. The Hall–Kier alpha value is -2.24. The average molecular weight is 235 g/mol. The lowest BCUT2D eigenvalue weighted by atomic mass is 10.2. The second kappa shape index (κ2) is 5.74. The minimum atomic E-state index is -0.123. The van der Waals surface area contributed by atoms with Crippen LogP contribution in [-0.2, 0) is 6.54 Å². The number of hydrogen-bond donors (Lipinski definition) is 3. The first-order valence-electron chi connectivity index (χ1n) is 5.05. The zero-order valence-electron chi connectivity index (χ0n) is 9.97. The van der Waals surface area contributed by atoms with Gasteiger partial charge in [-0.15, -0.1) is 0 Å². The number of rotatable bonds is 3. The van der Waals surface area contributed by atoms with Gasteiger partial charge in [0.1, 0.15) is 5.75 Å². The van der Waals surface area contributed by atoms with Crippen LogP contribution in [0.5, 0.6) is 5.75 Å². The van der Waals surface area contributed by atoms with Crippen LogP contribution < -0.4 is 16.2 Å². The molecule has 6 heteroatoms. The molecule has 0 spiro atoms. The van der Waals surface area contributed by atoms with E-state index in [4.69, 9.17) is 21.6 Å². The van der Waals surface area contributed by atoms with E-state index in [9.17, 15) is 0 Å². The van der Waals surface area contributed by atoms with Crippen LogP contribution >= 0.6 is 0 Å². The van der Waals surface area contributed by atoms with Gasteiger partial charge in [-0.25, -0.2) is 0 Å². The Kier molecular flexibility index (Phi) is 4.33. The first-order valence-corrected chi connectivity index (χ1v) is 5.05. The fourth-order valence-electron chi connectivity index (χ4n) is 1.37. The highest BCUT2D eigenvalue weighted by atomic mass is 16.5. The van der Waals surface area contributed by atoms with Crippen LogP contribution in [0.4, 0.5) is 0 Å². The predicted molar refractivity (Wildman–Crippen MR) is 68.0 cm³/mol. The summed E-state index contributed by atoms with van der Waals surface area (Å²) in [6.45, 7) is 0.500. The largest absolute Gasteiger partial charge is 0.496 e. The third-order valence-electron chi connectivity index (χ3n) is 2.20. The Morgan fingerprint density at radius 3 is 2.65 bits per heavy atom. The van der Waals surface area contributed by atoms with Crippen LogP contribution in [0.15, 0.2) is 29.3 Å². The van der Waals surface area contributed by atoms with E-state index in [0.29, 0.717) is 6.54 Å². The van der Waals surface area contributed by atoms with E-state index in [1.165, 1.54) is 0 Å². The molecular weight excluding hydrogens is 218 g/mol. The molecule has 0 bridgehead atoms. The number of nitrogens with two attached hydrogens (primary N) is 2. The van der Waals surface area contributed by atoms with Gasteiger partial charge < -0.3 is 21.1 Å². The summed E-state index contributed by atoms with van der Waals surface area (Å²) in [5.74, 6) is 0.662. The van der Waals surface area contributed by atoms with Gasteiger partial charge in [0.05, 0.1) is 7.11 Å². The summed E-state index contributed by atoms with van der Waals surface area (Å²) in [5.41, 5.74) is 11.4. The SMILES string of the molecule is COc1ccccc1CN(C)C(=N)N=C(N)N. The van der Waals surface area contributed by atoms with Gasteiger partial charge in [-0.3, -0.25) is 5.41 Å². The molecule has 0 fully saturated rings. The maximum Gasteiger partial charge on any atom is 0.221 e. The molecule has 0 atom stereocenters. The summed E-state index contributed by atoms with van der Waals surface area (Å²) in [5, 5.41) is 7.64. The molecule has 1 rings (SSSR count). The number of nitrogens with zero attached hydrogens (tertiary/aromatic N) is 2. The third-order valence-corrected chi connectivity index (χ3v) is 2.20. The lowest BCUT2D eigenvalue weighted by Crippen LogP contribution is -2.30. The van der Waals surface area contributed by atoms with Crippen LogP contribution in [0.1, 0.15) is 5.56 Å². The number of methoxy groups -OCH3 is 1. The van der Waals surface area contributed by atoms with Crippen molar-refractivity contribution >= 4 is 11.9 Å². The number of benzene rings is 1. The van der Waals surface area contributed by atoms with Gasteiger partial charge >= 0.3 is 0 Å². The number of nitrogens with one attached hydrogen (secondary N) is 1. The number of para-hydroxylation sites is 1.